The SMILES string of the molecule is CC1CC(C)CC(C(O)c2ccc(Cl)cc2N)C1. The number of nitrogen functional groups attached to an aromatic ring is 1. The smallest absolute Gasteiger partial charge is 0.0838 e. The van der Waals surface area contributed by atoms with Crippen LogP contribution in [-0.4, -0.2) is 5.11 Å². The Morgan fingerprint density at radius 3 is 2.39 bits per heavy atom. The molecule has 0 radical (unpaired) electrons. The Morgan fingerprint density at radius 2 is 1.83 bits per heavy atom. The molecule has 2 nitrogen and oxygen atoms in total. The third-order valence-corrected chi connectivity index (χ3v) is 4.26. The zero-order valence-corrected chi connectivity index (χ0v) is 11.8. The minimum absolute atomic E-state index is 0.312. The number of aliphatic hydroxyl groups is 1. The second kappa shape index (κ2) is 5.50. The number of hydrogen-bond acceptors (Lipinski definition) is 2. The van der Waals surface area contributed by atoms with Crippen LogP contribution in [0.25, 0.3) is 0 Å². The fraction of sp³-hybridized carbons (Fsp3) is 0.600. The average molecular weight is 268 g/mol. The van der Waals surface area contributed by atoms with E-state index in [2.05, 4.69) is 13.8 Å². The summed E-state index contributed by atoms with van der Waals surface area (Å²) >= 11 is 5.89. The lowest BCUT2D eigenvalue weighted by molar-refractivity contribution is 0.0557. The molecule has 0 aliphatic heterocycles. The Balaban J connectivity index is 2.17. The molecule has 1 aliphatic carbocycles. The van der Waals surface area contributed by atoms with Crippen molar-refractivity contribution in [2.24, 2.45) is 17.8 Å². The fourth-order valence-electron chi connectivity index (χ4n) is 3.34. The van der Waals surface area contributed by atoms with Gasteiger partial charge in [-0.2, -0.15) is 0 Å². The lowest BCUT2D eigenvalue weighted by Crippen LogP contribution is -2.25. The van der Waals surface area contributed by atoms with Crippen LogP contribution in [0, 0.1) is 17.8 Å². The summed E-state index contributed by atoms with van der Waals surface area (Å²) in [5, 5.41) is 11.1. The van der Waals surface area contributed by atoms with Gasteiger partial charge in [-0.3, -0.25) is 0 Å². The van der Waals surface area contributed by atoms with Crippen LogP contribution in [0.1, 0.15) is 44.8 Å². The predicted octanol–water partition coefficient (Wildman–Crippen LogP) is 4.03. The summed E-state index contributed by atoms with van der Waals surface area (Å²) in [6, 6.07) is 5.37. The van der Waals surface area contributed by atoms with Crippen molar-refractivity contribution in [3.63, 3.8) is 0 Å². The first-order valence-corrected chi connectivity index (χ1v) is 7.08. The Morgan fingerprint density at radius 1 is 1.22 bits per heavy atom. The highest BCUT2D eigenvalue weighted by atomic mass is 35.5. The number of benzene rings is 1. The maximum Gasteiger partial charge on any atom is 0.0838 e. The molecule has 0 aromatic heterocycles. The summed E-state index contributed by atoms with van der Waals surface area (Å²) in [5.41, 5.74) is 7.38. The summed E-state index contributed by atoms with van der Waals surface area (Å²) in [6.45, 7) is 4.53. The van der Waals surface area contributed by atoms with Gasteiger partial charge in [-0.1, -0.05) is 31.5 Å². The van der Waals surface area contributed by atoms with E-state index in [1.165, 1.54) is 6.42 Å². The molecule has 3 N–H and O–H groups in total. The molecule has 1 aliphatic rings. The minimum atomic E-state index is -0.465. The van der Waals surface area contributed by atoms with E-state index in [1.807, 2.05) is 6.07 Å². The van der Waals surface area contributed by atoms with Gasteiger partial charge in [-0.15, -0.1) is 0 Å². The largest absolute Gasteiger partial charge is 0.398 e. The maximum absolute atomic E-state index is 10.5. The van der Waals surface area contributed by atoms with Crippen LogP contribution in [0.4, 0.5) is 5.69 Å². The monoisotopic (exact) mass is 267 g/mol. The van der Waals surface area contributed by atoms with Gasteiger partial charge in [0.1, 0.15) is 0 Å². The number of anilines is 1. The van der Waals surface area contributed by atoms with Crippen molar-refractivity contribution in [3.05, 3.63) is 28.8 Å². The first-order valence-electron chi connectivity index (χ1n) is 6.70. The highest BCUT2D eigenvalue weighted by molar-refractivity contribution is 6.30. The number of hydrogen-bond donors (Lipinski definition) is 2. The van der Waals surface area contributed by atoms with Crippen LogP contribution in [0.15, 0.2) is 18.2 Å². The molecule has 100 valence electrons. The number of rotatable bonds is 2. The molecule has 0 spiro atoms. The Bertz CT molecular complexity index is 411. The van der Waals surface area contributed by atoms with E-state index in [9.17, 15) is 5.11 Å². The van der Waals surface area contributed by atoms with Gasteiger partial charge in [0.05, 0.1) is 6.10 Å². The summed E-state index contributed by atoms with van der Waals surface area (Å²) < 4.78 is 0. The fourth-order valence-corrected chi connectivity index (χ4v) is 3.52. The summed E-state index contributed by atoms with van der Waals surface area (Å²) in [5.74, 6) is 1.68. The Labute approximate surface area is 114 Å². The van der Waals surface area contributed by atoms with Crippen LogP contribution < -0.4 is 5.73 Å². The van der Waals surface area contributed by atoms with Crippen LogP contribution in [0.5, 0.6) is 0 Å². The minimum Gasteiger partial charge on any atom is -0.398 e. The normalized spacial score (nSPS) is 30.1. The first-order chi connectivity index (χ1) is 8.47. The van der Waals surface area contributed by atoms with E-state index in [4.69, 9.17) is 17.3 Å². The van der Waals surface area contributed by atoms with Crippen LogP contribution in [-0.2, 0) is 0 Å². The van der Waals surface area contributed by atoms with Crippen molar-refractivity contribution in [2.75, 3.05) is 5.73 Å². The van der Waals surface area contributed by atoms with Crippen molar-refractivity contribution in [3.8, 4) is 0 Å². The molecule has 1 aromatic rings. The van der Waals surface area contributed by atoms with E-state index >= 15 is 0 Å². The third-order valence-electron chi connectivity index (χ3n) is 4.03. The molecule has 2 rings (SSSR count). The van der Waals surface area contributed by atoms with Crippen molar-refractivity contribution < 1.29 is 5.11 Å². The van der Waals surface area contributed by atoms with Crippen LogP contribution >= 0.6 is 11.6 Å². The number of aliphatic hydroxyl groups excluding tert-OH is 1. The van der Waals surface area contributed by atoms with Gasteiger partial charge in [-0.25, -0.2) is 0 Å². The van der Waals surface area contributed by atoms with E-state index in [0.29, 0.717) is 28.5 Å². The van der Waals surface area contributed by atoms with Gasteiger partial charge in [-0.05, 0) is 49.1 Å². The molecule has 0 bridgehead atoms. The summed E-state index contributed by atoms with van der Waals surface area (Å²) in [7, 11) is 0. The Kier molecular flexibility index (Phi) is 4.18. The average Bonchev–Trinajstić information content (AvgIpc) is 2.26. The van der Waals surface area contributed by atoms with Gasteiger partial charge in [0.2, 0.25) is 0 Å². The highest BCUT2D eigenvalue weighted by Crippen LogP contribution is 2.41. The maximum atomic E-state index is 10.5. The van der Waals surface area contributed by atoms with Crippen LogP contribution in [0.2, 0.25) is 5.02 Å². The molecule has 3 heteroatoms. The molecule has 3 atom stereocenters. The summed E-state index contributed by atoms with van der Waals surface area (Å²) in [6.07, 6.45) is 2.95. The van der Waals surface area contributed by atoms with E-state index in [0.717, 1.165) is 18.4 Å². The van der Waals surface area contributed by atoms with Crippen molar-refractivity contribution in [1.29, 1.82) is 0 Å². The first kappa shape index (κ1) is 13.7. The second-order valence-corrected chi connectivity index (χ2v) is 6.33. The van der Waals surface area contributed by atoms with Crippen molar-refractivity contribution in [1.82, 2.24) is 0 Å². The molecule has 1 fully saturated rings. The summed E-state index contributed by atoms with van der Waals surface area (Å²) in [4.78, 5) is 0. The molecule has 3 unspecified atom stereocenters. The molecule has 0 heterocycles. The molecule has 0 saturated heterocycles. The van der Waals surface area contributed by atoms with Crippen molar-refractivity contribution in [2.45, 2.75) is 39.2 Å². The molecular formula is C15H22ClNO. The topological polar surface area (TPSA) is 46.2 Å². The molecule has 1 saturated carbocycles. The van der Waals surface area contributed by atoms with Crippen molar-refractivity contribution >= 4 is 17.3 Å². The van der Waals surface area contributed by atoms with E-state index < -0.39 is 6.10 Å². The number of nitrogens with two attached hydrogens (primary N) is 1. The molecule has 18 heavy (non-hydrogen) atoms. The Hall–Kier alpha value is -0.730. The second-order valence-electron chi connectivity index (χ2n) is 5.90. The van der Waals surface area contributed by atoms with E-state index in [1.54, 1.807) is 12.1 Å². The van der Waals surface area contributed by atoms with Gasteiger partial charge in [0.15, 0.2) is 0 Å². The standard InChI is InChI=1S/C15H22ClNO/c1-9-5-10(2)7-11(6-9)15(18)13-4-3-12(16)8-14(13)17/h3-4,8-11,15,18H,5-7,17H2,1-2H3. The van der Waals surface area contributed by atoms with Gasteiger partial charge in [0.25, 0.3) is 0 Å². The molecule has 0 amide bonds. The number of halogens is 1. The van der Waals surface area contributed by atoms with Gasteiger partial charge < -0.3 is 10.8 Å². The van der Waals surface area contributed by atoms with Gasteiger partial charge >= 0.3 is 0 Å². The molecular weight excluding hydrogens is 246 g/mol. The lowest BCUT2D eigenvalue weighted by Gasteiger charge is -2.34. The zero-order chi connectivity index (χ0) is 13.3. The molecule has 1 aromatic carbocycles. The lowest BCUT2D eigenvalue weighted by atomic mass is 9.73. The predicted molar refractivity (Wildman–Crippen MR) is 76.5 cm³/mol. The third kappa shape index (κ3) is 2.99. The van der Waals surface area contributed by atoms with Crippen LogP contribution in [0.3, 0.4) is 0 Å². The quantitative estimate of drug-likeness (QED) is 0.795. The highest BCUT2D eigenvalue weighted by Gasteiger charge is 2.30. The zero-order valence-electron chi connectivity index (χ0n) is 11.1. The van der Waals surface area contributed by atoms with Gasteiger partial charge in [0, 0.05) is 16.3 Å². The van der Waals surface area contributed by atoms with E-state index in [-0.39, 0.29) is 0 Å².